The molecule has 2 aromatic rings. The number of thiophene rings is 1. The van der Waals surface area contributed by atoms with Crippen LogP contribution in [-0.2, 0) is 10.0 Å². The maximum atomic E-state index is 13.4. The van der Waals surface area contributed by atoms with Gasteiger partial charge in [0.05, 0.1) is 0 Å². The van der Waals surface area contributed by atoms with Crippen LogP contribution in [0.15, 0.2) is 40.6 Å². The highest BCUT2D eigenvalue weighted by Crippen LogP contribution is 2.40. The third kappa shape index (κ3) is 3.73. The molecule has 0 saturated carbocycles. The lowest BCUT2D eigenvalue weighted by Crippen LogP contribution is -2.39. The summed E-state index contributed by atoms with van der Waals surface area (Å²) < 4.78 is 78.1. The fourth-order valence-electron chi connectivity index (χ4n) is 2.08. The quantitative estimate of drug-likeness (QED) is 0.763. The van der Waals surface area contributed by atoms with Crippen molar-refractivity contribution in [1.29, 1.82) is 0 Å². The third-order valence-electron chi connectivity index (χ3n) is 3.21. The van der Waals surface area contributed by atoms with Gasteiger partial charge in [-0.1, -0.05) is 12.1 Å². The first-order valence-corrected chi connectivity index (χ1v) is 8.66. The molecule has 3 nitrogen and oxygen atoms in total. The molecule has 2 rings (SSSR count). The summed E-state index contributed by atoms with van der Waals surface area (Å²) in [5.74, 6) is -0.700. The number of hydrogen-bond acceptors (Lipinski definition) is 3. The van der Waals surface area contributed by atoms with Crippen LogP contribution in [0.1, 0.15) is 16.5 Å². The Morgan fingerprint density at radius 3 is 2.09 bits per heavy atom. The molecule has 1 aromatic heterocycles. The van der Waals surface area contributed by atoms with Gasteiger partial charge in [-0.3, -0.25) is 0 Å². The van der Waals surface area contributed by atoms with Gasteiger partial charge in [0.15, 0.2) is 0 Å². The van der Waals surface area contributed by atoms with Crippen molar-refractivity contribution in [2.24, 2.45) is 0 Å². The molecule has 1 atom stereocenters. The molecule has 0 aliphatic carbocycles. The fourth-order valence-corrected chi connectivity index (χ4v) is 4.88. The average molecular weight is 367 g/mol. The molecule has 1 unspecified atom stereocenters. The zero-order valence-electron chi connectivity index (χ0n) is 12.1. The predicted octanol–water partition coefficient (Wildman–Crippen LogP) is 4.12. The zero-order valence-corrected chi connectivity index (χ0v) is 13.8. The SMILES string of the molecule is Cc1ccc(S(=O)(=O)N(C)C(c2ccc(F)cc2)C(F)(F)F)s1. The minimum absolute atomic E-state index is 0.172. The zero-order chi connectivity index (χ0) is 17.4. The molecule has 0 aliphatic heterocycles. The normalized spacial score (nSPS) is 14.2. The van der Waals surface area contributed by atoms with Crippen molar-refractivity contribution < 1.29 is 26.0 Å². The van der Waals surface area contributed by atoms with Gasteiger partial charge in [0.2, 0.25) is 0 Å². The van der Waals surface area contributed by atoms with Gasteiger partial charge in [-0.05, 0) is 36.8 Å². The molecule has 0 aliphatic rings. The summed E-state index contributed by atoms with van der Waals surface area (Å²) in [6.07, 6.45) is -4.84. The number of sulfonamides is 1. The molecule has 0 saturated heterocycles. The summed E-state index contributed by atoms with van der Waals surface area (Å²) in [5, 5.41) is 0. The van der Waals surface area contributed by atoms with E-state index in [-0.39, 0.29) is 14.1 Å². The number of rotatable bonds is 4. The van der Waals surface area contributed by atoms with Gasteiger partial charge in [-0.15, -0.1) is 11.3 Å². The number of aryl methyl sites for hydroxylation is 1. The van der Waals surface area contributed by atoms with Crippen LogP contribution < -0.4 is 0 Å². The molecule has 126 valence electrons. The lowest BCUT2D eigenvalue weighted by atomic mass is 10.1. The lowest BCUT2D eigenvalue weighted by molar-refractivity contribution is -0.171. The molecule has 0 N–H and O–H groups in total. The van der Waals surface area contributed by atoms with E-state index in [0.29, 0.717) is 4.88 Å². The number of hydrogen-bond donors (Lipinski definition) is 0. The van der Waals surface area contributed by atoms with E-state index in [9.17, 15) is 26.0 Å². The summed E-state index contributed by atoms with van der Waals surface area (Å²) in [6.45, 7) is 1.66. The van der Waals surface area contributed by atoms with E-state index in [2.05, 4.69) is 0 Å². The fraction of sp³-hybridized carbons (Fsp3) is 0.286. The Kier molecular flexibility index (Phi) is 4.84. The Labute approximate surface area is 135 Å². The van der Waals surface area contributed by atoms with Crippen molar-refractivity contribution in [2.45, 2.75) is 23.4 Å². The highest BCUT2D eigenvalue weighted by molar-refractivity contribution is 7.91. The van der Waals surface area contributed by atoms with E-state index < -0.39 is 28.1 Å². The maximum absolute atomic E-state index is 13.4. The third-order valence-corrected chi connectivity index (χ3v) is 6.50. The van der Waals surface area contributed by atoms with Gasteiger partial charge in [0.25, 0.3) is 10.0 Å². The van der Waals surface area contributed by atoms with Gasteiger partial charge < -0.3 is 0 Å². The molecule has 0 amide bonds. The predicted molar refractivity (Wildman–Crippen MR) is 79.2 cm³/mol. The molecular formula is C14H13F4NO2S2. The van der Waals surface area contributed by atoms with Gasteiger partial charge in [0, 0.05) is 11.9 Å². The Morgan fingerprint density at radius 2 is 1.65 bits per heavy atom. The highest BCUT2D eigenvalue weighted by Gasteiger charge is 2.47. The van der Waals surface area contributed by atoms with Crippen molar-refractivity contribution in [2.75, 3.05) is 7.05 Å². The highest BCUT2D eigenvalue weighted by atomic mass is 32.2. The molecule has 9 heteroatoms. The minimum Gasteiger partial charge on any atom is -0.207 e. The second kappa shape index (κ2) is 6.21. The van der Waals surface area contributed by atoms with Crippen LogP contribution in [-0.4, -0.2) is 25.9 Å². The van der Waals surface area contributed by atoms with Crippen LogP contribution in [0.2, 0.25) is 0 Å². The lowest BCUT2D eigenvalue weighted by Gasteiger charge is -2.29. The molecule has 1 aromatic carbocycles. The topological polar surface area (TPSA) is 37.4 Å². The van der Waals surface area contributed by atoms with Crippen LogP contribution in [0, 0.1) is 12.7 Å². The van der Waals surface area contributed by atoms with Gasteiger partial charge in [-0.2, -0.15) is 17.5 Å². The number of halogens is 4. The smallest absolute Gasteiger partial charge is 0.207 e. The van der Waals surface area contributed by atoms with Gasteiger partial charge >= 0.3 is 6.18 Å². The Morgan fingerprint density at radius 1 is 1.09 bits per heavy atom. The van der Waals surface area contributed by atoms with Crippen LogP contribution >= 0.6 is 11.3 Å². The Bertz CT molecular complexity index is 782. The molecule has 0 bridgehead atoms. The molecular weight excluding hydrogens is 354 g/mol. The van der Waals surface area contributed by atoms with Crippen molar-refractivity contribution in [1.82, 2.24) is 4.31 Å². The summed E-state index contributed by atoms with van der Waals surface area (Å²) in [4.78, 5) is 0.669. The van der Waals surface area contributed by atoms with E-state index in [1.54, 1.807) is 6.92 Å². The number of nitrogens with zero attached hydrogens (tertiary/aromatic N) is 1. The summed E-state index contributed by atoms with van der Waals surface area (Å²) in [5.41, 5.74) is -0.349. The maximum Gasteiger partial charge on any atom is 0.409 e. The van der Waals surface area contributed by atoms with Crippen molar-refractivity contribution in [3.63, 3.8) is 0 Å². The molecule has 0 radical (unpaired) electrons. The summed E-state index contributed by atoms with van der Waals surface area (Å²) >= 11 is 0.892. The average Bonchev–Trinajstić information content (AvgIpc) is 2.87. The summed E-state index contributed by atoms with van der Waals surface area (Å²) in [6, 6.07) is 3.98. The largest absolute Gasteiger partial charge is 0.409 e. The van der Waals surface area contributed by atoms with E-state index in [4.69, 9.17) is 0 Å². The van der Waals surface area contributed by atoms with Crippen molar-refractivity contribution in [3.05, 3.63) is 52.7 Å². The second-order valence-electron chi connectivity index (χ2n) is 4.88. The first-order chi connectivity index (χ1) is 10.5. The molecule has 0 fully saturated rings. The Balaban J connectivity index is 2.49. The number of alkyl halides is 3. The van der Waals surface area contributed by atoms with Crippen LogP contribution in [0.4, 0.5) is 17.6 Å². The Hall–Kier alpha value is -1.45. The van der Waals surface area contributed by atoms with E-state index in [1.165, 1.54) is 12.1 Å². The second-order valence-corrected chi connectivity index (χ2v) is 8.39. The van der Waals surface area contributed by atoms with E-state index in [0.717, 1.165) is 42.6 Å². The van der Waals surface area contributed by atoms with Crippen molar-refractivity contribution >= 4 is 21.4 Å². The van der Waals surface area contributed by atoms with E-state index >= 15 is 0 Å². The van der Waals surface area contributed by atoms with Crippen LogP contribution in [0.3, 0.4) is 0 Å². The minimum atomic E-state index is -4.84. The number of benzene rings is 1. The van der Waals surface area contributed by atoms with Gasteiger partial charge in [-0.25, -0.2) is 12.8 Å². The standard InChI is InChI=1S/C14H13F4NO2S2/c1-9-3-8-12(22-9)23(20,21)19(2)13(14(16,17)18)10-4-6-11(15)7-5-10/h3-8,13H,1-2H3. The van der Waals surface area contributed by atoms with Crippen LogP contribution in [0.25, 0.3) is 0 Å². The van der Waals surface area contributed by atoms with Gasteiger partial charge in [0.1, 0.15) is 16.1 Å². The summed E-state index contributed by atoms with van der Waals surface area (Å²) in [7, 11) is -3.45. The first kappa shape index (κ1) is 17.9. The van der Waals surface area contributed by atoms with Crippen LogP contribution in [0.5, 0.6) is 0 Å². The molecule has 0 spiro atoms. The van der Waals surface area contributed by atoms with E-state index in [1.807, 2.05) is 0 Å². The first-order valence-electron chi connectivity index (χ1n) is 6.40. The van der Waals surface area contributed by atoms with Crippen molar-refractivity contribution in [3.8, 4) is 0 Å². The monoisotopic (exact) mass is 367 g/mol. The molecule has 1 heterocycles. The molecule has 23 heavy (non-hydrogen) atoms.